The minimum absolute atomic E-state index is 0.108. The van der Waals surface area contributed by atoms with E-state index in [4.69, 9.17) is 4.74 Å². The fourth-order valence-corrected chi connectivity index (χ4v) is 3.72. The van der Waals surface area contributed by atoms with Crippen molar-refractivity contribution in [3.63, 3.8) is 0 Å². The summed E-state index contributed by atoms with van der Waals surface area (Å²) in [4.78, 5) is 28.0. The molecule has 32 heavy (non-hydrogen) atoms. The second-order valence-electron chi connectivity index (χ2n) is 9.07. The number of nitrogens with one attached hydrogen (secondary N) is 1. The Morgan fingerprint density at radius 2 is 1.75 bits per heavy atom. The van der Waals surface area contributed by atoms with Crippen LogP contribution in [0.4, 0.5) is 0 Å². The first kappa shape index (κ1) is 25.4. The van der Waals surface area contributed by atoms with E-state index in [1.807, 2.05) is 65.0 Å². The Morgan fingerprint density at radius 1 is 1.03 bits per heavy atom. The number of rotatable bonds is 10. The highest BCUT2D eigenvalue weighted by atomic mass is 16.5. The predicted molar refractivity (Wildman–Crippen MR) is 130 cm³/mol. The van der Waals surface area contributed by atoms with Gasteiger partial charge in [0.2, 0.25) is 5.91 Å². The minimum Gasteiger partial charge on any atom is -0.483 e. The quantitative estimate of drug-likeness (QED) is 0.575. The number of hydrogen-bond acceptors (Lipinski definition) is 3. The van der Waals surface area contributed by atoms with Crippen molar-refractivity contribution in [2.24, 2.45) is 5.92 Å². The van der Waals surface area contributed by atoms with Crippen LogP contribution in [-0.4, -0.2) is 35.9 Å². The normalized spacial score (nSPS) is 11.9. The Hall–Kier alpha value is -2.82. The molecule has 0 aliphatic rings. The van der Waals surface area contributed by atoms with Crippen molar-refractivity contribution < 1.29 is 14.3 Å². The van der Waals surface area contributed by atoms with Crippen molar-refractivity contribution >= 4 is 11.8 Å². The van der Waals surface area contributed by atoms with Crippen LogP contribution in [0.2, 0.25) is 0 Å². The molecule has 0 aromatic heterocycles. The molecule has 0 fully saturated rings. The van der Waals surface area contributed by atoms with Crippen molar-refractivity contribution in [3.05, 3.63) is 64.2 Å². The Bertz CT molecular complexity index is 936. The molecule has 5 heteroatoms. The lowest BCUT2D eigenvalue weighted by Crippen LogP contribution is -2.50. The van der Waals surface area contributed by atoms with Crippen molar-refractivity contribution in [2.75, 3.05) is 13.2 Å². The first-order chi connectivity index (χ1) is 15.1. The van der Waals surface area contributed by atoms with Crippen molar-refractivity contribution in [3.8, 4) is 5.75 Å². The zero-order valence-electron chi connectivity index (χ0n) is 20.6. The second kappa shape index (κ2) is 11.7. The van der Waals surface area contributed by atoms with Gasteiger partial charge in [0.1, 0.15) is 11.8 Å². The number of nitrogens with zero attached hydrogens (tertiary/aromatic N) is 1. The van der Waals surface area contributed by atoms with Gasteiger partial charge in [0, 0.05) is 13.1 Å². The SMILES string of the molecule is CCC(C(=O)NCC(C)C)N(Cc1cccc(C)c1)C(=O)COc1cc(C)cc(C)c1C. The number of aryl methyl sites for hydroxylation is 3. The number of benzene rings is 2. The molecule has 0 saturated carbocycles. The van der Waals surface area contributed by atoms with Crippen LogP contribution >= 0.6 is 0 Å². The first-order valence-corrected chi connectivity index (χ1v) is 11.5. The van der Waals surface area contributed by atoms with Gasteiger partial charge >= 0.3 is 0 Å². The molecule has 0 bridgehead atoms. The van der Waals surface area contributed by atoms with E-state index in [0.717, 1.165) is 27.8 Å². The molecule has 2 aromatic carbocycles. The van der Waals surface area contributed by atoms with Gasteiger partial charge in [-0.1, -0.05) is 56.7 Å². The summed E-state index contributed by atoms with van der Waals surface area (Å²) in [5.74, 6) is 0.735. The lowest BCUT2D eigenvalue weighted by Gasteiger charge is -2.31. The fourth-order valence-electron chi connectivity index (χ4n) is 3.72. The predicted octanol–water partition coefficient (Wildman–Crippen LogP) is 4.88. The smallest absolute Gasteiger partial charge is 0.261 e. The molecule has 0 aliphatic carbocycles. The number of carbonyl (C=O) groups is 2. The molecule has 0 aliphatic heterocycles. The van der Waals surface area contributed by atoms with Gasteiger partial charge in [-0.15, -0.1) is 0 Å². The van der Waals surface area contributed by atoms with Crippen LogP contribution in [0.3, 0.4) is 0 Å². The summed E-state index contributed by atoms with van der Waals surface area (Å²) in [6.07, 6.45) is 0.532. The molecule has 174 valence electrons. The molecule has 5 nitrogen and oxygen atoms in total. The molecule has 1 unspecified atom stereocenters. The van der Waals surface area contributed by atoms with E-state index in [0.29, 0.717) is 31.2 Å². The molecule has 2 rings (SSSR count). The largest absolute Gasteiger partial charge is 0.483 e. The lowest BCUT2D eigenvalue weighted by atomic mass is 10.1. The van der Waals surface area contributed by atoms with E-state index in [1.165, 1.54) is 0 Å². The third-order valence-corrected chi connectivity index (χ3v) is 5.62. The highest BCUT2D eigenvalue weighted by Gasteiger charge is 2.29. The highest BCUT2D eigenvalue weighted by Crippen LogP contribution is 2.23. The summed E-state index contributed by atoms with van der Waals surface area (Å²) < 4.78 is 5.95. The first-order valence-electron chi connectivity index (χ1n) is 11.5. The van der Waals surface area contributed by atoms with E-state index in [2.05, 4.69) is 25.2 Å². The van der Waals surface area contributed by atoms with E-state index >= 15 is 0 Å². The molecule has 0 spiro atoms. The van der Waals surface area contributed by atoms with Crippen LogP contribution in [-0.2, 0) is 16.1 Å². The average molecular weight is 439 g/mol. The number of hydrogen-bond donors (Lipinski definition) is 1. The maximum Gasteiger partial charge on any atom is 0.261 e. The van der Waals surface area contributed by atoms with Crippen LogP contribution in [0.5, 0.6) is 5.75 Å². The summed E-state index contributed by atoms with van der Waals surface area (Å²) in [6, 6.07) is 11.5. The van der Waals surface area contributed by atoms with Gasteiger partial charge in [-0.2, -0.15) is 0 Å². The Labute approximate surface area is 193 Å². The molecule has 1 N–H and O–H groups in total. The van der Waals surface area contributed by atoms with Gasteiger partial charge in [0.05, 0.1) is 0 Å². The Morgan fingerprint density at radius 3 is 2.38 bits per heavy atom. The molecule has 0 saturated heterocycles. The fraction of sp³-hybridized carbons (Fsp3) is 0.481. The number of amides is 2. The maximum atomic E-state index is 13.4. The van der Waals surface area contributed by atoms with Crippen molar-refractivity contribution in [1.29, 1.82) is 0 Å². The standard InChI is InChI=1S/C27H38N2O3/c1-8-24(27(31)28-15-18(2)3)29(16-23-11-9-10-19(4)13-23)26(30)17-32-25-14-20(5)12-21(6)22(25)7/h9-14,18,24H,8,15-17H2,1-7H3,(H,28,31). The lowest BCUT2D eigenvalue weighted by molar-refractivity contribution is -0.143. The van der Waals surface area contributed by atoms with E-state index in [1.54, 1.807) is 4.90 Å². The van der Waals surface area contributed by atoms with Gasteiger partial charge in [-0.3, -0.25) is 9.59 Å². The van der Waals surface area contributed by atoms with E-state index < -0.39 is 6.04 Å². The average Bonchev–Trinajstić information content (AvgIpc) is 2.73. The third-order valence-electron chi connectivity index (χ3n) is 5.62. The molecule has 0 heterocycles. The molecule has 2 aromatic rings. The van der Waals surface area contributed by atoms with Crippen LogP contribution in [0.15, 0.2) is 36.4 Å². The van der Waals surface area contributed by atoms with Crippen LogP contribution in [0.25, 0.3) is 0 Å². The second-order valence-corrected chi connectivity index (χ2v) is 9.07. The summed E-state index contributed by atoms with van der Waals surface area (Å²) >= 11 is 0. The zero-order chi connectivity index (χ0) is 23.8. The summed E-state index contributed by atoms with van der Waals surface area (Å²) in [5.41, 5.74) is 5.36. The Balaban J connectivity index is 2.25. The van der Waals surface area contributed by atoms with Crippen LogP contribution < -0.4 is 10.1 Å². The molecule has 2 amide bonds. The van der Waals surface area contributed by atoms with Gasteiger partial charge in [-0.25, -0.2) is 0 Å². The molecular weight excluding hydrogens is 400 g/mol. The van der Waals surface area contributed by atoms with Gasteiger partial charge in [0.15, 0.2) is 6.61 Å². The van der Waals surface area contributed by atoms with Crippen molar-refractivity contribution in [1.82, 2.24) is 10.2 Å². The Kier molecular flexibility index (Phi) is 9.30. The van der Waals surface area contributed by atoms with Crippen molar-refractivity contribution in [2.45, 2.75) is 67.5 Å². The molecular formula is C27H38N2O3. The summed E-state index contributed by atoms with van der Waals surface area (Å²) in [6.45, 7) is 14.9. The summed E-state index contributed by atoms with van der Waals surface area (Å²) in [7, 11) is 0. The maximum absolute atomic E-state index is 13.4. The van der Waals surface area contributed by atoms with Gasteiger partial charge in [0.25, 0.3) is 5.91 Å². The van der Waals surface area contributed by atoms with E-state index in [-0.39, 0.29) is 18.4 Å². The van der Waals surface area contributed by atoms with E-state index in [9.17, 15) is 9.59 Å². The zero-order valence-corrected chi connectivity index (χ0v) is 20.6. The number of ether oxygens (including phenoxy) is 1. The third kappa shape index (κ3) is 7.11. The van der Waals surface area contributed by atoms with Crippen LogP contribution in [0, 0.1) is 33.6 Å². The topological polar surface area (TPSA) is 58.6 Å². The van der Waals surface area contributed by atoms with Gasteiger partial charge in [-0.05, 0) is 68.4 Å². The monoisotopic (exact) mass is 438 g/mol. The van der Waals surface area contributed by atoms with Crippen LogP contribution in [0.1, 0.15) is 55.0 Å². The highest BCUT2D eigenvalue weighted by molar-refractivity contribution is 5.88. The minimum atomic E-state index is -0.550. The summed E-state index contributed by atoms with van der Waals surface area (Å²) in [5, 5.41) is 2.99. The molecule has 1 atom stereocenters. The molecule has 0 radical (unpaired) electrons. The number of carbonyl (C=O) groups excluding carboxylic acids is 2. The van der Waals surface area contributed by atoms with Gasteiger partial charge < -0.3 is 15.0 Å².